The Kier molecular flexibility index (Phi) is 9.39. The number of nitrogens with one attached hydrogen (secondary N) is 2. The van der Waals surface area contributed by atoms with E-state index in [1.807, 2.05) is 0 Å². The van der Waals surface area contributed by atoms with Gasteiger partial charge in [0.1, 0.15) is 4.90 Å². The summed E-state index contributed by atoms with van der Waals surface area (Å²) in [5, 5.41) is 11.0. The lowest BCUT2D eigenvalue weighted by atomic mass is 9.54. The Morgan fingerprint density at radius 1 is 1.03 bits per heavy atom. The third-order valence-corrected chi connectivity index (χ3v) is 11.5. The van der Waals surface area contributed by atoms with Crippen LogP contribution in [0.1, 0.15) is 100 Å². The number of rotatable bonds is 11. The molecule has 0 aromatic carbocycles. The van der Waals surface area contributed by atoms with Gasteiger partial charge >= 0.3 is 0 Å². The van der Waals surface area contributed by atoms with E-state index in [9.17, 15) is 9.59 Å². The third kappa shape index (κ3) is 6.40. The molecule has 0 saturated heterocycles. The van der Waals surface area contributed by atoms with Crippen molar-refractivity contribution in [3.05, 3.63) is 5.76 Å². The molecule has 6 fully saturated rings. The number of nitrogens with zero attached hydrogens (tertiary/aromatic N) is 1. The Balaban J connectivity index is 0.00000308. The van der Waals surface area contributed by atoms with Crippen molar-refractivity contribution in [3.8, 4) is 5.88 Å². The maximum Gasteiger partial charge on any atom is 0.291 e. The fraction of sp³-hybridized carbons (Fsp3) is 0.828. The first kappa shape index (κ1) is 29.1. The topological polar surface area (TPSA) is 119 Å². The van der Waals surface area contributed by atoms with E-state index >= 15 is 0 Å². The van der Waals surface area contributed by atoms with Gasteiger partial charge in [-0.2, -0.15) is 0 Å². The van der Waals surface area contributed by atoms with Crippen molar-refractivity contribution in [2.75, 3.05) is 19.7 Å². The van der Waals surface area contributed by atoms with Crippen LogP contribution in [0.4, 0.5) is 0 Å². The molecule has 1 heterocycles. The number of hydrogen-bond donors (Lipinski definition) is 3. The van der Waals surface area contributed by atoms with Gasteiger partial charge in [-0.1, -0.05) is 25.7 Å². The number of aromatic nitrogens is 1. The summed E-state index contributed by atoms with van der Waals surface area (Å²) >= 11 is 1.71. The molecule has 7 rings (SSSR count). The smallest absolute Gasteiger partial charge is 0.291 e. The number of ether oxygens (including phenoxy) is 1. The standard InChI is InChI=1S/C29H44N4O4S.ClH/c30-9-10-31-23(34)16-29(7-4-8-29)17-36-28-26(38-22-5-2-1-3-6-22)25(37-33-28)27(35)32-24-20-12-18-11-19(14-20)15-21(24)13-18;/h18-22,24H,1-17,30H2,(H,31,34)(H,32,35);1H. The van der Waals surface area contributed by atoms with Crippen molar-refractivity contribution in [3.63, 3.8) is 0 Å². The molecule has 0 aliphatic heterocycles. The van der Waals surface area contributed by atoms with Crippen LogP contribution in [-0.4, -0.2) is 48.0 Å². The van der Waals surface area contributed by atoms with Crippen molar-refractivity contribution in [2.24, 2.45) is 34.8 Å². The molecule has 6 aliphatic rings. The molecule has 0 spiro atoms. The Morgan fingerprint density at radius 3 is 2.33 bits per heavy atom. The molecule has 4 bridgehead atoms. The molecule has 39 heavy (non-hydrogen) atoms. The zero-order chi connectivity index (χ0) is 26.1. The van der Waals surface area contributed by atoms with Gasteiger partial charge in [0.15, 0.2) is 0 Å². The summed E-state index contributed by atoms with van der Waals surface area (Å²) in [4.78, 5) is 26.8. The average molecular weight is 581 g/mol. The predicted molar refractivity (Wildman–Crippen MR) is 153 cm³/mol. The Labute approximate surface area is 242 Å². The van der Waals surface area contributed by atoms with Crippen molar-refractivity contribution in [2.45, 2.75) is 106 Å². The Morgan fingerprint density at radius 2 is 1.72 bits per heavy atom. The SMILES string of the molecule is Cl.NCCNC(=O)CC1(COc2noc(C(=O)NC3C4CC5CC(C4)CC3C5)c2SC2CCCCC2)CCC1. The van der Waals surface area contributed by atoms with Gasteiger partial charge in [0.2, 0.25) is 11.7 Å². The van der Waals surface area contributed by atoms with E-state index in [0.717, 1.165) is 48.8 Å². The number of carbonyl (C=O) groups is 2. The fourth-order valence-electron chi connectivity index (χ4n) is 8.22. The number of hydrogen-bond acceptors (Lipinski definition) is 7. The van der Waals surface area contributed by atoms with Crippen LogP contribution in [0.5, 0.6) is 5.88 Å². The molecule has 0 radical (unpaired) electrons. The van der Waals surface area contributed by atoms with Gasteiger partial charge in [-0.15, -0.1) is 24.2 Å². The van der Waals surface area contributed by atoms with E-state index in [4.69, 9.17) is 15.0 Å². The van der Waals surface area contributed by atoms with Crippen LogP contribution >= 0.6 is 24.2 Å². The van der Waals surface area contributed by atoms with E-state index in [0.29, 0.717) is 54.8 Å². The van der Waals surface area contributed by atoms with Crippen LogP contribution in [0.15, 0.2) is 9.42 Å². The first-order chi connectivity index (χ1) is 18.5. The summed E-state index contributed by atoms with van der Waals surface area (Å²) in [5.41, 5.74) is 5.35. The first-order valence-corrected chi connectivity index (χ1v) is 16.0. The van der Waals surface area contributed by atoms with Gasteiger partial charge in [-0.3, -0.25) is 9.59 Å². The zero-order valence-electron chi connectivity index (χ0n) is 23.0. The average Bonchev–Trinajstić information content (AvgIpc) is 3.29. The molecule has 1 aromatic heterocycles. The normalized spacial score (nSPS) is 30.7. The summed E-state index contributed by atoms with van der Waals surface area (Å²) in [6.45, 7) is 1.33. The van der Waals surface area contributed by atoms with Crippen LogP contribution in [0.3, 0.4) is 0 Å². The van der Waals surface area contributed by atoms with Crippen molar-refractivity contribution in [1.82, 2.24) is 15.8 Å². The summed E-state index contributed by atoms with van der Waals surface area (Å²) < 4.78 is 12.0. The molecule has 1 aromatic rings. The van der Waals surface area contributed by atoms with Gasteiger partial charge in [-0.25, -0.2) is 0 Å². The van der Waals surface area contributed by atoms with Crippen molar-refractivity contribution >= 4 is 36.0 Å². The highest BCUT2D eigenvalue weighted by Crippen LogP contribution is 2.54. The molecular formula is C29H45ClN4O4S. The zero-order valence-corrected chi connectivity index (χ0v) is 24.6. The number of nitrogens with two attached hydrogens (primary N) is 1. The molecule has 6 aliphatic carbocycles. The van der Waals surface area contributed by atoms with Crippen LogP contribution in [0.2, 0.25) is 0 Å². The summed E-state index contributed by atoms with van der Waals surface area (Å²) in [7, 11) is 0. The molecule has 218 valence electrons. The monoisotopic (exact) mass is 580 g/mol. The number of halogens is 1. The molecule has 4 N–H and O–H groups in total. The minimum absolute atomic E-state index is 0. The van der Waals surface area contributed by atoms with Crippen LogP contribution in [0.25, 0.3) is 0 Å². The van der Waals surface area contributed by atoms with Gasteiger partial charge in [0.05, 0.1) is 6.61 Å². The first-order valence-electron chi connectivity index (χ1n) is 15.1. The molecule has 6 saturated carbocycles. The second-order valence-electron chi connectivity index (χ2n) is 12.9. The molecular weight excluding hydrogens is 536 g/mol. The number of carbonyl (C=O) groups excluding carboxylic acids is 2. The van der Waals surface area contributed by atoms with E-state index in [-0.39, 0.29) is 35.7 Å². The maximum absolute atomic E-state index is 13.7. The largest absolute Gasteiger partial charge is 0.474 e. The van der Waals surface area contributed by atoms with Gasteiger partial charge in [0, 0.05) is 36.2 Å². The van der Waals surface area contributed by atoms with Crippen molar-refractivity contribution < 1.29 is 18.8 Å². The molecule has 2 amide bonds. The highest BCUT2D eigenvalue weighted by atomic mass is 35.5. The number of thioether (sulfide) groups is 1. The predicted octanol–water partition coefficient (Wildman–Crippen LogP) is 5.09. The molecule has 10 heteroatoms. The van der Waals surface area contributed by atoms with Crippen LogP contribution < -0.4 is 21.1 Å². The Bertz CT molecular complexity index is 981. The second kappa shape index (κ2) is 12.6. The second-order valence-corrected chi connectivity index (χ2v) is 14.2. The Hall–Kier alpha value is -1.45. The molecule has 8 nitrogen and oxygen atoms in total. The summed E-state index contributed by atoms with van der Waals surface area (Å²) in [5.74, 6) is 3.56. The lowest BCUT2D eigenvalue weighted by molar-refractivity contribution is -0.125. The number of amides is 2. The molecule has 0 unspecified atom stereocenters. The molecule has 0 atom stereocenters. The maximum atomic E-state index is 13.7. The van der Waals surface area contributed by atoms with Gasteiger partial charge in [0.25, 0.3) is 11.8 Å². The lowest BCUT2D eigenvalue weighted by Crippen LogP contribution is -2.55. The lowest BCUT2D eigenvalue weighted by Gasteiger charge is -2.54. The van der Waals surface area contributed by atoms with Crippen LogP contribution in [-0.2, 0) is 4.79 Å². The fourth-order valence-corrected chi connectivity index (χ4v) is 9.56. The van der Waals surface area contributed by atoms with Crippen molar-refractivity contribution in [1.29, 1.82) is 0 Å². The summed E-state index contributed by atoms with van der Waals surface area (Å²) in [6, 6.07) is 0.252. The van der Waals surface area contributed by atoms with Gasteiger partial charge in [-0.05, 0) is 86.6 Å². The highest BCUT2D eigenvalue weighted by molar-refractivity contribution is 8.00. The van der Waals surface area contributed by atoms with E-state index in [2.05, 4.69) is 15.8 Å². The highest BCUT2D eigenvalue weighted by Gasteiger charge is 2.49. The summed E-state index contributed by atoms with van der Waals surface area (Å²) in [6.07, 6.45) is 15.8. The minimum Gasteiger partial charge on any atom is -0.474 e. The third-order valence-electron chi connectivity index (χ3n) is 10.1. The minimum atomic E-state index is -0.187. The van der Waals surface area contributed by atoms with E-state index < -0.39 is 0 Å². The quantitative estimate of drug-likeness (QED) is 0.333. The van der Waals surface area contributed by atoms with E-state index in [1.54, 1.807) is 11.8 Å². The van der Waals surface area contributed by atoms with Gasteiger partial charge < -0.3 is 25.6 Å². The van der Waals surface area contributed by atoms with Crippen LogP contribution in [0, 0.1) is 29.1 Å². The van der Waals surface area contributed by atoms with E-state index in [1.165, 1.54) is 51.4 Å².